The standard InChI is InChI=1S/C14H21BrN2O/c1-4-10-9-11(15)5-6-12(10)17-13(18)14(2,3)7-8-16/h5-6,9H,4,7-8,16H2,1-3H3,(H,17,18). The molecular weight excluding hydrogens is 292 g/mol. The smallest absolute Gasteiger partial charge is 0.230 e. The number of hydrogen-bond donors (Lipinski definition) is 2. The van der Waals surface area contributed by atoms with Gasteiger partial charge >= 0.3 is 0 Å². The number of halogens is 1. The molecule has 0 fully saturated rings. The number of carbonyl (C=O) groups excluding carboxylic acids is 1. The van der Waals surface area contributed by atoms with Gasteiger partial charge in [-0.05, 0) is 43.1 Å². The number of hydrogen-bond acceptors (Lipinski definition) is 2. The van der Waals surface area contributed by atoms with E-state index in [-0.39, 0.29) is 5.91 Å². The number of aryl methyl sites for hydroxylation is 1. The first kappa shape index (κ1) is 15.2. The van der Waals surface area contributed by atoms with Crippen molar-refractivity contribution in [2.45, 2.75) is 33.6 Å². The number of nitrogens with one attached hydrogen (secondary N) is 1. The van der Waals surface area contributed by atoms with Crippen LogP contribution in [-0.2, 0) is 11.2 Å². The minimum atomic E-state index is -0.438. The normalized spacial score (nSPS) is 11.4. The Balaban J connectivity index is 2.88. The minimum Gasteiger partial charge on any atom is -0.330 e. The molecule has 0 spiro atoms. The highest BCUT2D eigenvalue weighted by atomic mass is 79.9. The summed E-state index contributed by atoms with van der Waals surface area (Å²) in [7, 11) is 0. The van der Waals surface area contributed by atoms with Gasteiger partial charge in [0.1, 0.15) is 0 Å². The van der Waals surface area contributed by atoms with E-state index in [1.54, 1.807) is 0 Å². The molecular formula is C14H21BrN2O. The number of anilines is 1. The van der Waals surface area contributed by atoms with Crippen LogP contribution in [0.15, 0.2) is 22.7 Å². The third-order valence-electron chi connectivity index (χ3n) is 3.08. The first-order valence-corrected chi connectivity index (χ1v) is 7.00. The highest BCUT2D eigenvalue weighted by Gasteiger charge is 2.26. The van der Waals surface area contributed by atoms with Crippen LogP contribution < -0.4 is 11.1 Å². The first-order chi connectivity index (χ1) is 8.40. The lowest BCUT2D eigenvalue weighted by atomic mass is 9.88. The summed E-state index contributed by atoms with van der Waals surface area (Å²) in [5.74, 6) is 0.0185. The van der Waals surface area contributed by atoms with Gasteiger partial charge in [-0.15, -0.1) is 0 Å². The zero-order valence-corrected chi connectivity index (χ0v) is 12.8. The summed E-state index contributed by atoms with van der Waals surface area (Å²) in [6, 6.07) is 5.90. The van der Waals surface area contributed by atoms with E-state index in [0.717, 1.165) is 22.1 Å². The van der Waals surface area contributed by atoms with Crippen LogP contribution >= 0.6 is 15.9 Å². The monoisotopic (exact) mass is 312 g/mol. The van der Waals surface area contributed by atoms with E-state index in [4.69, 9.17) is 5.73 Å². The molecule has 1 rings (SSSR count). The molecule has 0 aromatic heterocycles. The fraction of sp³-hybridized carbons (Fsp3) is 0.500. The molecule has 0 saturated heterocycles. The van der Waals surface area contributed by atoms with Gasteiger partial charge in [-0.3, -0.25) is 4.79 Å². The van der Waals surface area contributed by atoms with Gasteiger partial charge in [0.25, 0.3) is 0 Å². The van der Waals surface area contributed by atoms with E-state index >= 15 is 0 Å². The molecule has 0 atom stereocenters. The van der Waals surface area contributed by atoms with Gasteiger partial charge < -0.3 is 11.1 Å². The summed E-state index contributed by atoms with van der Waals surface area (Å²) in [5.41, 5.74) is 7.11. The van der Waals surface area contributed by atoms with Crippen LogP contribution in [0.2, 0.25) is 0 Å². The van der Waals surface area contributed by atoms with Crippen LogP contribution in [-0.4, -0.2) is 12.5 Å². The molecule has 0 bridgehead atoms. The minimum absolute atomic E-state index is 0.0185. The van der Waals surface area contributed by atoms with Crippen molar-refractivity contribution >= 4 is 27.5 Å². The van der Waals surface area contributed by atoms with Crippen molar-refractivity contribution in [3.63, 3.8) is 0 Å². The number of rotatable bonds is 5. The van der Waals surface area contributed by atoms with Crippen molar-refractivity contribution in [2.24, 2.45) is 11.1 Å². The Kier molecular flexibility index (Phi) is 5.35. The van der Waals surface area contributed by atoms with E-state index in [2.05, 4.69) is 28.2 Å². The van der Waals surface area contributed by atoms with Crippen LogP contribution in [0.25, 0.3) is 0 Å². The Morgan fingerprint density at radius 2 is 2.11 bits per heavy atom. The van der Waals surface area contributed by atoms with E-state index in [1.165, 1.54) is 0 Å². The quantitative estimate of drug-likeness (QED) is 0.876. The second-order valence-electron chi connectivity index (χ2n) is 5.03. The SMILES string of the molecule is CCc1cc(Br)ccc1NC(=O)C(C)(C)CCN. The second-order valence-corrected chi connectivity index (χ2v) is 5.95. The van der Waals surface area contributed by atoms with Crippen molar-refractivity contribution in [1.29, 1.82) is 0 Å². The Labute approximate surface area is 117 Å². The third-order valence-corrected chi connectivity index (χ3v) is 3.57. The summed E-state index contributed by atoms with van der Waals surface area (Å²) in [4.78, 5) is 12.2. The highest BCUT2D eigenvalue weighted by Crippen LogP contribution is 2.26. The Morgan fingerprint density at radius 3 is 2.67 bits per heavy atom. The molecule has 0 unspecified atom stereocenters. The van der Waals surface area contributed by atoms with Crippen molar-refractivity contribution in [1.82, 2.24) is 0 Å². The summed E-state index contributed by atoms with van der Waals surface area (Å²) in [6.07, 6.45) is 1.56. The number of nitrogens with two attached hydrogens (primary N) is 1. The Morgan fingerprint density at radius 1 is 1.44 bits per heavy atom. The molecule has 0 aliphatic rings. The molecule has 0 heterocycles. The second kappa shape index (κ2) is 6.34. The van der Waals surface area contributed by atoms with Crippen molar-refractivity contribution in [3.05, 3.63) is 28.2 Å². The number of benzene rings is 1. The van der Waals surface area contributed by atoms with E-state index < -0.39 is 5.41 Å². The lowest BCUT2D eigenvalue weighted by Gasteiger charge is -2.23. The lowest BCUT2D eigenvalue weighted by Crippen LogP contribution is -2.33. The van der Waals surface area contributed by atoms with E-state index in [0.29, 0.717) is 13.0 Å². The molecule has 3 nitrogen and oxygen atoms in total. The zero-order chi connectivity index (χ0) is 13.8. The molecule has 1 aromatic rings. The molecule has 0 aliphatic heterocycles. The Hall–Kier alpha value is -0.870. The van der Waals surface area contributed by atoms with Crippen LogP contribution in [0, 0.1) is 5.41 Å². The van der Waals surface area contributed by atoms with Gasteiger partial charge in [-0.25, -0.2) is 0 Å². The van der Waals surface area contributed by atoms with Gasteiger partial charge in [-0.2, -0.15) is 0 Å². The first-order valence-electron chi connectivity index (χ1n) is 6.20. The number of carbonyl (C=O) groups is 1. The Bertz CT molecular complexity index is 430. The summed E-state index contributed by atoms with van der Waals surface area (Å²) in [5, 5.41) is 3.00. The highest BCUT2D eigenvalue weighted by molar-refractivity contribution is 9.10. The maximum Gasteiger partial charge on any atom is 0.230 e. The van der Waals surface area contributed by atoms with Gasteiger partial charge in [-0.1, -0.05) is 36.7 Å². The fourth-order valence-electron chi connectivity index (χ4n) is 1.74. The van der Waals surface area contributed by atoms with Crippen LogP contribution in [0.5, 0.6) is 0 Å². The molecule has 0 aliphatic carbocycles. The van der Waals surface area contributed by atoms with Gasteiger partial charge in [0, 0.05) is 15.6 Å². The van der Waals surface area contributed by atoms with Gasteiger partial charge in [0.2, 0.25) is 5.91 Å². The predicted octanol–water partition coefficient (Wildman–Crippen LogP) is 3.33. The fourth-order valence-corrected chi connectivity index (χ4v) is 2.15. The molecule has 0 radical (unpaired) electrons. The van der Waals surface area contributed by atoms with Crippen LogP contribution in [0.3, 0.4) is 0 Å². The van der Waals surface area contributed by atoms with E-state index in [1.807, 2.05) is 32.0 Å². The lowest BCUT2D eigenvalue weighted by molar-refractivity contribution is -0.124. The summed E-state index contributed by atoms with van der Waals surface area (Å²) in [6.45, 7) is 6.42. The molecule has 0 saturated carbocycles. The zero-order valence-electron chi connectivity index (χ0n) is 11.2. The molecule has 3 N–H and O–H groups in total. The van der Waals surface area contributed by atoms with Gasteiger partial charge in [0.15, 0.2) is 0 Å². The summed E-state index contributed by atoms with van der Waals surface area (Å²) < 4.78 is 1.03. The van der Waals surface area contributed by atoms with Crippen LogP contribution in [0.4, 0.5) is 5.69 Å². The van der Waals surface area contributed by atoms with Crippen molar-refractivity contribution in [2.75, 3.05) is 11.9 Å². The average Bonchev–Trinajstić information content (AvgIpc) is 2.31. The van der Waals surface area contributed by atoms with Crippen molar-refractivity contribution < 1.29 is 4.79 Å². The van der Waals surface area contributed by atoms with Crippen LogP contribution in [0.1, 0.15) is 32.8 Å². The molecule has 4 heteroatoms. The largest absolute Gasteiger partial charge is 0.330 e. The predicted molar refractivity (Wildman–Crippen MR) is 79.6 cm³/mol. The van der Waals surface area contributed by atoms with Crippen molar-refractivity contribution in [3.8, 4) is 0 Å². The maximum atomic E-state index is 12.2. The van der Waals surface area contributed by atoms with Gasteiger partial charge in [0.05, 0.1) is 0 Å². The maximum absolute atomic E-state index is 12.2. The molecule has 1 amide bonds. The number of amides is 1. The molecule has 18 heavy (non-hydrogen) atoms. The third kappa shape index (κ3) is 3.82. The average molecular weight is 313 g/mol. The topological polar surface area (TPSA) is 55.1 Å². The summed E-state index contributed by atoms with van der Waals surface area (Å²) >= 11 is 3.44. The molecule has 100 valence electrons. The molecule has 1 aromatic carbocycles. The van der Waals surface area contributed by atoms with E-state index in [9.17, 15) is 4.79 Å².